The van der Waals surface area contributed by atoms with Gasteiger partial charge in [-0.2, -0.15) is 0 Å². The van der Waals surface area contributed by atoms with Crippen LogP contribution in [0.25, 0.3) is 0 Å². The van der Waals surface area contributed by atoms with Gasteiger partial charge in [-0.25, -0.2) is 4.79 Å². The van der Waals surface area contributed by atoms with Crippen LogP contribution in [0.3, 0.4) is 0 Å². The van der Waals surface area contributed by atoms with Crippen molar-refractivity contribution in [3.63, 3.8) is 0 Å². The molecular weight excluding hydrogens is 610 g/mol. The number of rotatable bonds is 38. The zero-order valence-corrected chi connectivity index (χ0v) is 28.9. The predicted octanol–water partition coefficient (Wildman–Crippen LogP) is 0.747. The summed E-state index contributed by atoms with van der Waals surface area (Å²) in [4.78, 5) is 11.5. The number of nitrogens with one attached hydrogen (secondary N) is 1. The van der Waals surface area contributed by atoms with E-state index in [0.29, 0.717) is 152 Å². The molecule has 0 bridgehead atoms. The van der Waals surface area contributed by atoms with Crippen LogP contribution in [0.4, 0.5) is 0 Å². The maximum atomic E-state index is 11.5. The lowest BCUT2D eigenvalue weighted by atomic mass is 10.2. The first-order valence-electron chi connectivity index (χ1n) is 16.2. The van der Waals surface area contributed by atoms with Crippen LogP contribution in [0.15, 0.2) is 0 Å². The lowest BCUT2D eigenvalue weighted by Crippen LogP contribution is -2.27. The van der Waals surface area contributed by atoms with Crippen molar-refractivity contribution in [2.24, 2.45) is 0 Å². The second-order valence-electron chi connectivity index (χ2n) is 10.5. The van der Waals surface area contributed by atoms with Crippen molar-refractivity contribution in [1.82, 2.24) is 5.32 Å². The van der Waals surface area contributed by atoms with Gasteiger partial charge in [0.1, 0.15) is 12.2 Å². The van der Waals surface area contributed by atoms with Gasteiger partial charge in [0.05, 0.1) is 152 Å². The van der Waals surface area contributed by atoms with Gasteiger partial charge in [0.15, 0.2) is 0 Å². The summed E-state index contributed by atoms with van der Waals surface area (Å²) in [6.45, 7) is 17.7. The lowest BCUT2D eigenvalue weighted by Gasteiger charge is -2.19. The standard InChI is InChI=1S/C31H63NO14/c1-31(2,3)46-30(33)29-45-28-27-44-26-25-43-24-23-42-22-21-41-20-19-40-18-17-39-16-15-38-14-13-37-12-11-36-10-9-35-8-7-34-6-5-32-4/h32H,5-29H2,1-4H3. The molecule has 0 aromatic heterocycles. The summed E-state index contributed by atoms with van der Waals surface area (Å²) in [5, 5.41) is 3.02. The van der Waals surface area contributed by atoms with Gasteiger partial charge >= 0.3 is 5.97 Å². The summed E-state index contributed by atoms with van der Waals surface area (Å²) in [7, 11) is 1.89. The van der Waals surface area contributed by atoms with E-state index < -0.39 is 5.60 Å². The van der Waals surface area contributed by atoms with E-state index in [4.69, 9.17) is 61.6 Å². The van der Waals surface area contributed by atoms with Crippen LogP contribution in [-0.4, -0.2) is 184 Å². The zero-order valence-electron chi connectivity index (χ0n) is 28.9. The number of hydrogen-bond acceptors (Lipinski definition) is 15. The Morgan fingerprint density at radius 3 is 0.826 bits per heavy atom. The fourth-order valence-corrected chi connectivity index (χ4v) is 3.12. The molecule has 15 heteroatoms. The minimum absolute atomic E-state index is 0.0830. The van der Waals surface area contributed by atoms with E-state index in [-0.39, 0.29) is 12.6 Å². The summed E-state index contributed by atoms with van der Waals surface area (Å²) < 4.78 is 70.2. The second kappa shape index (κ2) is 36.8. The molecule has 0 spiro atoms. The Bertz CT molecular complexity index is 612. The smallest absolute Gasteiger partial charge is 0.332 e. The van der Waals surface area contributed by atoms with Crippen molar-refractivity contribution in [1.29, 1.82) is 0 Å². The van der Waals surface area contributed by atoms with E-state index in [1.54, 1.807) is 0 Å². The molecule has 46 heavy (non-hydrogen) atoms. The summed E-state index contributed by atoms with van der Waals surface area (Å²) in [6, 6.07) is 0. The molecule has 0 aliphatic carbocycles. The predicted molar refractivity (Wildman–Crippen MR) is 170 cm³/mol. The molecule has 0 aromatic rings. The molecule has 0 aromatic carbocycles. The van der Waals surface area contributed by atoms with Crippen molar-refractivity contribution < 1.29 is 66.4 Å². The van der Waals surface area contributed by atoms with Crippen LogP contribution in [0.1, 0.15) is 20.8 Å². The largest absolute Gasteiger partial charge is 0.458 e. The molecular formula is C31H63NO14. The molecule has 0 amide bonds. The van der Waals surface area contributed by atoms with Crippen molar-refractivity contribution >= 4 is 5.97 Å². The van der Waals surface area contributed by atoms with E-state index in [2.05, 4.69) is 5.32 Å². The molecule has 0 saturated carbocycles. The molecule has 0 unspecified atom stereocenters. The molecule has 276 valence electrons. The fourth-order valence-electron chi connectivity index (χ4n) is 3.12. The third kappa shape index (κ3) is 41.0. The highest BCUT2D eigenvalue weighted by molar-refractivity contribution is 5.71. The first-order chi connectivity index (χ1) is 22.5. The molecule has 0 heterocycles. The number of esters is 1. The Kier molecular flexibility index (Phi) is 35.9. The number of likely N-dealkylation sites (N-methyl/N-ethyl adjacent to an activating group) is 1. The van der Waals surface area contributed by atoms with Crippen LogP contribution < -0.4 is 5.32 Å². The average molecular weight is 674 g/mol. The topological polar surface area (TPSA) is 149 Å². The monoisotopic (exact) mass is 673 g/mol. The van der Waals surface area contributed by atoms with Crippen molar-refractivity contribution in [2.75, 3.05) is 172 Å². The molecule has 0 rings (SSSR count). The lowest BCUT2D eigenvalue weighted by molar-refractivity contribution is -0.160. The Morgan fingerprint density at radius 1 is 0.391 bits per heavy atom. The van der Waals surface area contributed by atoms with Gasteiger partial charge < -0.3 is 66.9 Å². The number of carbonyl (C=O) groups excluding carboxylic acids is 1. The molecule has 0 saturated heterocycles. The highest BCUT2D eigenvalue weighted by Gasteiger charge is 2.15. The second-order valence-corrected chi connectivity index (χ2v) is 10.5. The van der Waals surface area contributed by atoms with E-state index in [1.165, 1.54) is 0 Å². The van der Waals surface area contributed by atoms with Gasteiger partial charge in [-0.3, -0.25) is 0 Å². The Labute approximate surface area is 276 Å². The summed E-state index contributed by atoms with van der Waals surface area (Å²) in [6.07, 6.45) is 0. The highest BCUT2D eigenvalue weighted by atomic mass is 16.6. The Morgan fingerprint density at radius 2 is 0.609 bits per heavy atom. The van der Waals surface area contributed by atoms with Crippen molar-refractivity contribution in [3.8, 4) is 0 Å². The van der Waals surface area contributed by atoms with Gasteiger partial charge in [-0.05, 0) is 27.8 Å². The number of carbonyl (C=O) groups is 1. The molecule has 0 atom stereocenters. The van der Waals surface area contributed by atoms with Crippen LogP contribution >= 0.6 is 0 Å². The maximum absolute atomic E-state index is 11.5. The SMILES string of the molecule is CNCCOCCOCCOCCOCCOCCOCCOCCOCCOCCOCCOCCOCC(=O)OC(C)(C)C. The maximum Gasteiger partial charge on any atom is 0.332 e. The summed E-state index contributed by atoms with van der Waals surface area (Å²) in [5.41, 5.74) is -0.511. The minimum atomic E-state index is -0.511. The van der Waals surface area contributed by atoms with Crippen molar-refractivity contribution in [2.45, 2.75) is 26.4 Å². The van der Waals surface area contributed by atoms with Crippen LogP contribution in [0.5, 0.6) is 0 Å². The molecule has 0 radical (unpaired) electrons. The molecule has 1 N–H and O–H groups in total. The first-order valence-corrected chi connectivity index (χ1v) is 16.2. The normalized spacial score (nSPS) is 11.8. The summed E-state index contributed by atoms with van der Waals surface area (Å²) >= 11 is 0. The zero-order chi connectivity index (χ0) is 33.7. The molecule has 15 nitrogen and oxygen atoms in total. The van der Waals surface area contributed by atoms with Gasteiger partial charge in [-0.15, -0.1) is 0 Å². The van der Waals surface area contributed by atoms with E-state index in [9.17, 15) is 4.79 Å². The van der Waals surface area contributed by atoms with Gasteiger partial charge in [0, 0.05) is 6.54 Å². The van der Waals surface area contributed by atoms with E-state index >= 15 is 0 Å². The van der Waals surface area contributed by atoms with Gasteiger partial charge in [0.25, 0.3) is 0 Å². The summed E-state index contributed by atoms with van der Waals surface area (Å²) in [5.74, 6) is -0.387. The molecule has 0 aliphatic heterocycles. The minimum Gasteiger partial charge on any atom is -0.458 e. The third-order valence-electron chi connectivity index (χ3n) is 5.23. The van der Waals surface area contributed by atoms with Gasteiger partial charge in [0.2, 0.25) is 0 Å². The van der Waals surface area contributed by atoms with Gasteiger partial charge in [-0.1, -0.05) is 0 Å². The van der Waals surface area contributed by atoms with Crippen LogP contribution in [0, 0.1) is 0 Å². The van der Waals surface area contributed by atoms with Crippen molar-refractivity contribution in [3.05, 3.63) is 0 Å². The Hall–Kier alpha value is -1.05. The third-order valence-corrected chi connectivity index (χ3v) is 5.23. The quantitative estimate of drug-likeness (QED) is 0.0725. The molecule has 0 aliphatic rings. The Balaban J connectivity index is 3.09. The fraction of sp³-hybridized carbons (Fsp3) is 0.968. The average Bonchev–Trinajstić information content (AvgIpc) is 3.01. The van der Waals surface area contributed by atoms with E-state index in [0.717, 1.165) is 6.54 Å². The molecule has 0 fully saturated rings. The number of hydrogen-bond donors (Lipinski definition) is 1. The van der Waals surface area contributed by atoms with E-state index in [1.807, 2.05) is 27.8 Å². The highest BCUT2D eigenvalue weighted by Crippen LogP contribution is 2.06. The van der Waals surface area contributed by atoms with Crippen LogP contribution in [-0.2, 0) is 66.4 Å². The van der Waals surface area contributed by atoms with Crippen LogP contribution in [0.2, 0.25) is 0 Å². The number of ether oxygens (including phenoxy) is 13. The first kappa shape index (κ1) is 45.0.